The number of hydrogen-bond acceptors (Lipinski definition) is 5. The van der Waals surface area contributed by atoms with Gasteiger partial charge in [0, 0.05) is 18.9 Å². The Kier molecular flexibility index (Phi) is 5.06. The van der Waals surface area contributed by atoms with Crippen LogP contribution in [0.3, 0.4) is 0 Å². The molecule has 1 aliphatic heterocycles. The van der Waals surface area contributed by atoms with Gasteiger partial charge in [0.1, 0.15) is 13.1 Å². The number of thioether (sulfide) groups is 1. The summed E-state index contributed by atoms with van der Waals surface area (Å²) in [5.74, 6) is 0.291. The van der Waals surface area contributed by atoms with Crippen molar-refractivity contribution in [2.75, 3.05) is 25.4 Å². The van der Waals surface area contributed by atoms with E-state index in [4.69, 9.17) is 4.74 Å². The molecule has 0 amide bonds. The quantitative estimate of drug-likeness (QED) is 0.368. The largest absolute Gasteiger partial charge is 0.465 e. The number of hydrogen-bond donors (Lipinski definition) is 0. The van der Waals surface area contributed by atoms with Crippen LogP contribution in [0.4, 0.5) is 0 Å². The molecule has 0 saturated carbocycles. The fourth-order valence-electron chi connectivity index (χ4n) is 1.71. The third-order valence-electron chi connectivity index (χ3n) is 2.51. The van der Waals surface area contributed by atoms with Gasteiger partial charge in [-0.05, 0) is 17.3 Å². The van der Waals surface area contributed by atoms with Gasteiger partial charge in [-0.3, -0.25) is 4.79 Å². The monoisotopic (exact) mass is 290 g/mol. The smallest absolute Gasteiger partial charge is 0.316 e. The number of carbonyl (C=O) groups is 1. The molecule has 0 bridgehead atoms. The van der Waals surface area contributed by atoms with Gasteiger partial charge in [-0.1, -0.05) is 10.3 Å². The maximum absolute atomic E-state index is 11.2. The van der Waals surface area contributed by atoms with Crippen molar-refractivity contribution in [3.05, 3.63) is 10.7 Å². The highest BCUT2D eigenvalue weighted by molar-refractivity contribution is 8.03. The first kappa shape index (κ1) is 13.1. The highest BCUT2D eigenvalue weighted by Gasteiger charge is 2.15. The van der Waals surface area contributed by atoms with Crippen LogP contribution < -0.4 is 9.25 Å². The van der Waals surface area contributed by atoms with Crippen LogP contribution in [0, 0.1) is 0 Å². The summed E-state index contributed by atoms with van der Waals surface area (Å²) in [4.78, 5) is 11.2. The van der Waals surface area contributed by atoms with E-state index >= 15 is 0 Å². The fourth-order valence-corrected chi connectivity index (χ4v) is 5.40. The van der Waals surface area contributed by atoms with E-state index in [1.54, 1.807) is 32.4 Å². The first-order chi connectivity index (χ1) is 8.29. The van der Waals surface area contributed by atoms with Gasteiger partial charge >= 0.3 is 5.97 Å². The van der Waals surface area contributed by atoms with Gasteiger partial charge in [0.2, 0.25) is 0 Å². The molecule has 1 fully saturated rings. The molecule has 0 unspecified atom stereocenters. The van der Waals surface area contributed by atoms with Gasteiger partial charge in [-0.25, -0.2) is 4.58 Å². The van der Waals surface area contributed by atoms with Crippen LogP contribution in [-0.2, 0) is 9.53 Å². The Balaban J connectivity index is 1.94. The Bertz CT molecular complexity index is 442. The van der Waals surface area contributed by atoms with E-state index in [-0.39, 0.29) is 5.97 Å². The number of nitrogens with zero attached hydrogens (tertiary/aromatic N) is 1. The zero-order valence-electron chi connectivity index (χ0n) is 9.81. The number of carbonyl (C=O) groups excluding carboxylic acids is 1. The Morgan fingerprint density at radius 1 is 1.47 bits per heavy atom. The summed E-state index contributed by atoms with van der Waals surface area (Å²) < 4.78 is 9.89. The van der Waals surface area contributed by atoms with Crippen LogP contribution in [-0.4, -0.2) is 31.4 Å². The number of rotatable bonds is 4. The zero-order valence-corrected chi connectivity index (χ0v) is 12.3. The first-order valence-corrected chi connectivity index (χ1v) is 8.89. The van der Waals surface area contributed by atoms with Gasteiger partial charge in [-0.15, -0.1) is 11.8 Å². The minimum absolute atomic E-state index is 0.126. The Morgan fingerprint density at radius 2 is 2.24 bits per heavy atom. The maximum Gasteiger partial charge on any atom is 0.316 e. The molecule has 0 spiro atoms. The molecule has 2 heterocycles. The van der Waals surface area contributed by atoms with Crippen LogP contribution in [0.1, 0.15) is 19.8 Å². The standard InChI is InChI=1S/C11H16NO2S3/c1-2-14-10(13)8-15-11-7-9(16-17-11)12-5-3-4-6-12/h7H,2-6,8H2,1H3/q+1. The lowest BCUT2D eigenvalue weighted by molar-refractivity contribution is -0.139. The van der Waals surface area contributed by atoms with E-state index in [1.165, 1.54) is 34.8 Å². The normalized spacial score (nSPS) is 15.2. The molecule has 1 aromatic rings. The molecule has 0 atom stereocenters. The third-order valence-corrected chi connectivity index (χ3v) is 6.42. The van der Waals surface area contributed by atoms with Crippen molar-refractivity contribution in [1.82, 2.24) is 4.58 Å². The molecule has 1 aromatic heterocycles. The molecule has 6 heteroatoms. The van der Waals surface area contributed by atoms with Gasteiger partial charge in [0.25, 0.3) is 4.67 Å². The fraction of sp³-hybridized carbons (Fsp3) is 0.636. The summed E-state index contributed by atoms with van der Waals surface area (Å²) >= 11 is 1.58. The van der Waals surface area contributed by atoms with E-state index in [1.807, 2.05) is 6.92 Å². The van der Waals surface area contributed by atoms with Crippen LogP contribution >= 0.6 is 32.4 Å². The van der Waals surface area contributed by atoms with Gasteiger partial charge in [-0.2, -0.15) is 0 Å². The third kappa shape index (κ3) is 3.82. The molecule has 3 nitrogen and oxygen atoms in total. The predicted octanol–water partition coefficient (Wildman–Crippen LogP) is 2.03. The van der Waals surface area contributed by atoms with E-state index < -0.39 is 0 Å². The zero-order chi connectivity index (χ0) is 12.1. The lowest BCUT2D eigenvalue weighted by Crippen LogP contribution is -2.23. The number of esters is 1. The summed E-state index contributed by atoms with van der Waals surface area (Å²) in [5, 5.41) is 0. The lowest BCUT2D eigenvalue weighted by Gasteiger charge is -1.98. The average Bonchev–Trinajstić information content (AvgIpc) is 2.97. The maximum atomic E-state index is 11.2. The molecular formula is C11H16NO2S3+. The van der Waals surface area contributed by atoms with Gasteiger partial charge in [0.15, 0.2) is 0 Å². The second kappa shape index (κ2) is 6.56. The van der Waals surface area contributed by atoms with Crippen LogP contribution in [0.5, 0.6) is 0 Å². The van der Waals surface area contributed by atoms with Crippen molar-refractivity contribution in [2.45, 2.75) is 24.0 Å². The molecule has 1 saturated heterocycles. The van der Waals surface area contributed by atoms with E-state index in [2.05, 4.69) is 10.6 Å². The Morgan fingerprint density at radius 3 is 2.94 bits per heavy atom. The van der Waals surface area contributed by atoms with Crippen molar-refractivity contribution < 1.29 is 9.53 Å². The Labute approximate surface area is 113 Å². The minimum atomic E-state index is -0.126. The SMILES string of the molecule is CCOC(=O)CSc1cc(=[N+]2CCCC2)ss1. The molecule has 94 valence electrons. The van der Waals surface area contributed by atoms with Crippen molar-refractivity contribution >= 4 is 38.4 Å². The molecule has 0 aliphatic carbocycles. The highest BCUT2D eigenvalue weighted by atomic mass is 32.9. The molecule has 17 heavy (non-hydrogen) atoms. The van der Waals surface area contributed by atoms with Gasteiger partial charge in [0.05, 0.1) is 16.6 Å². The predicted molar refractivity (Wildman–Crippen MR) is 73.8 cm³/mol. The first-order valence-electron chi connectivity index (χ1n) is 5.76. The summed E-state index contributed by atoms with van der Waals surface area (Å²) in [6, 6.07) is 2.20. The van der Waals surface area contributed by atoms with E-state index in [9.17, 15) is 4.79 Å². The summed E-state index contributed by atoms with van der Waals surface area (Å²) in [6.45, 7) is 4.65. The second-order valence-corrected chi connectivity index (χ2v) is 7.22. The summed E-state index contributed by atoms with van der Waals surface area (Å²) in [6.07, 6.45) is 2.60. The van der Waals surface area contributed by atoms with E-state index in [0.29, 0.717) is 12.4 Å². The summed E-state index contributed by atoms with van der Waals surface area (Å²) in [7, 11) is 3.56. The molecule has 1 aliphatic rings. The van der Waals surface area contributed by atoms with Crippen molar-refractivity contribution in [1.29, 1.82) is 0 Å². The topological polar surface area (TPSA) is 29.3 Å². The summed E-state index contributed by atoms with van der Waals surface area (Å²) in [5.41, 5.74) is 0. The van der Waals surface area contributed by atoms with Crippen molar-refractivity contribution in [3.63, 3.8) is 0 Å². The average molecular weight is 290 g/mol. The number of ether oxygens (including phenoxy) is 1. The van der Waals surface area contributed by atoms with Crippen molar-refractivity contribution in [2.24, 2.45) is 0 Å². The van der Waals surface area contributed by atoms with E-state index in [0.717, 1.165) is 0 Å². The molecule has 0 aromatic carbocycles. The Hall–Kier alpha value is -0.330. The highest BCUT2D eigenvalue weighted by Crippen LogP contribution is 2.24. The molecular weight excluding hydrogens is 274 g/mol. The molecule has 2 rings (SSSR count). The van der Waals surface area contributed by atoms with Crippen LogP contribution in [0.25, 0.3) is 0 Å². The van der Waals surface area contributed by atoms with Crippen molar-refractivity contribution in [3.8, 4) is 0 Å². The molecule has 0 N–H and O–H groups in total. The minimum Gasteiger partial charge on any atom is -0.465 e. The lowest BCUT2D eigenvalue weighted by atomic mass is 10.4. The van der Waals surface area contributed by atoms with Crippen LogP contribution in [0.15, 0.2) is 10.3 Å². The van der Waals surface area contributed by atoms with Crippen LogP contribution in [0.2, 0.25) is 0 Å². The second-order valence-electron chi connectivity index (χ2n) is 3.76. The molecule has 0 radical (unpaired) electrons. The van der Waals surface area contributed by atoms with Gasteiger partial charge < -0.3 is 4.74 Å².